The predicted molar refractivity (Wildman–Crippen MR) is 106 cm³/mol. The van der Waals surface area contributed by atoms with Crippen LogP contribution >= 0.6 is 11.3 Å². The zero-order valence-corrected chi connectivity index (χ0v) is 14.8. The number of hydrogen-bond donors (Lipinski definition) is 1. The van der Waals surface area contributed by atoms with Crippen molar-refractivity contribution >= 4 is 33.7 Å². The Kier molecular flexibility index (Phi) is 5.78. The highest BCUT2D eigenvalue weighted by atomic mass is 32.1. The molecule has 1 aromatic heterocycles. The summed E-state index contributed by atoms with van der Waals surface area (Å²) in [5, 5.41) is 5.87. The van der Waals surface area contributed by atoms with Gasteiger partial charge in [0.15, 0.2) is 0 Å². The van der Waals surface area contributed by atoms with Crippen molar-refractivity contribution in [3.05, 3.63) is 82.2 Å². The molecule has 118 valence electrons. The van der Waals surface area contributed by atoms with Crippen molar-refractivity contribution < 1.29 is 0 Å². The monoisotopic (exact) mass is 321 g/mol. The van der Waals surface area contributed by atoms with Gasteiger partial charge in [0.05, 0.1) is 0 Å². The molecule has 23 heavy (non-hydrogen) atoms. The van der Waals surface area contributed by atoms with Crippen LogP contribution in [-0.2, 0) is 0 Å². The van der Waals surface area contributed by atoms with Crippen molar-refractivity contribution in [1.82, 2.24) is 5.32 Å². The molecule has 1 aliphatic rings. The second-order valence-electron chi connectivity index (χ2n) is 4.87. The zero-order chi connectivity index (χ0) is 16.8. The SMILES string of the molecule is C=C/C1=C(\C=C/C)C(=C)/C=c2/sc3ccccc3/c2=C/N1.CC. The van der Waals surface area contributed by atoms with Gasteiger partial charge >= 0.3 is 0 Å². The Morgan fingerprint density at radius 1 is 1.17 bits per heavy atom. The third-order valence-corrected chi connectivity index (χ3v) is 4.65. The van der Waals surface area contributed by atoms with Gasteiger partial charge in [0, 0.05) is 37.3 Å². The van der Waals surface area contributed by atoms with Gasteiger partial charge in [0.25, 0.3) is 0 Å². The van der Waals surface area contributed by atoms with Crippen LogP contribution in [0.5, 0.6) is 0 Å². The van der Waals surface area contributed by atoms with E-state index in [2.05, 4.69) is 61.1 Å². The molecule has 0 amide bonds. The third kappa shape index (κ3) is 3.38. The summed E-state index contributed by atoms with van der Waals surface area (Å²) in [6.07, 6.45) is 10.2. The highest BCUT2D eigenvalue weighted by Gasteiger charge is 2.08. The molecule has 2 heterocycles. The van der Waals surface area contributed by atoms with Crippen LogP contribution in [0.15, 0.2) is 72.5 Å². The molecule has 0 atom stereocenters. The molecular formula is C21H23NS. The van der Waals surface area contributed by atoms with Crippen LogP contribution < -0.4 is 15.1 Å². The maximum atomic E-state index is 4.22. The first-order chi connectivity index (χ1) is 11.2. The van der Waals surface area contributed by atoms with Gasteiger partial charge in [-0.05, 0) is 30.7 Å². The lowest BCUT2D eigenvalue weighted by Gasteiger charge is -2.11. The van der Waals surface area contributed by atoms with E-state index in [1.54, 1.807) is 11.3 Å². The summed E-state index contributed by atoms with van der Waals surface area (Å²) in [5.41, 5.74) is 3.05. The molecule has 0 saturated heterocycles. The van der Waals surface area contributed by atoms with Crippen LogP contribution in [0.25, 0.3) is 22.4 Å². The van der Waals surface area contributed by atoms with Crippen molar-refractivity contribution in [3.8, 4) is 0 Å². The van der Waals surface area contributed by atoms with Gasteiger partial charge in [-0.3, -0.25) is 0 Å². The summed E-state index contributed by atoms with van der Waals surface area (Å²) < 4.78 is 2.53. The van der Waals surface area contributed by atoms with E-state index in [1.807, 2.05) is 32.9 Å². The molecule has 1 aliphatic heterocycles. The van der Waals surface area contributed by atoms with Crippen molar-refractivity contribution in [2.75, 3.05) is 0 Å². The molecule has 1 aromatic carbocycles. The quantitative estimate of drug-likeness (QED) is 0.851. The lowest BCUT2D eigenvalue weighted by molar-refractivity contribution is 1.15. The average molecular weight is 321 g/mol. The Morgan fingerprint density at radius 2 is 1.91 bits per heavy atom. The smallest absolute Gasteiger partial charge is 0.0453 e. The Hall–Kier alpha value is -2.32. The summed E-state index contributed by atoms with van der Waals surface area (Å²) in [6.45, 7) is 14.1. The maximum Gasteiger partial charge on any atom is 0.0453 e. The highest BCUT2D eigenvalue weighted by molar-refractivity contribution is 7.17. The molecule has 1 N–H and O–H groups in total. The van der Waals surface area contributed by atoms with Gasteiger partial charge in [-0.25, -0.2) is 0 Å². The summed E-state index contributed by atoms with van der Waals surface area (Å²) in [5.74, 6) is 0. The lowest BCUT2D eigenvalue weighted by atomic mass is 10.0. The van der Waals surface area contributed by atoms with E-state index in [4.69, 9.17) is 0 Å². The minimum atomic E-state index is 0.982. The molecule has 3 rings (SSSR count). The van der Waals surface area contributed by atoms with Crippen LogP contribution in [-0.4, -0.2) is 0 Å². The minimum absolute atomic E-state index is 0.982. The molecule has 2 aromatic rings. The second-order valence-corrected chi connectivity index (χ2v) is 5.95. The first kappa shape index (κ1) is 17.0. The normalized spacial score (nSPS) is 20.0. The summed E-state index contributed by atoms with van der Waals surface area (Å²) in [4.78, 5) is 0. The van der Waals surface area contributed by atoms with Crippen molar-refractivity contribution in [2.24, 2.45) is 0 Å². The van der Waals surface area contributed by atoms with E-state index in [-0.39, 0.29) is 0 Å². The largest absolute Gasteiger partial charge is 0.361 e. The molecule has 0 fully saturated rings. The fraction of sp³-hybridized carbons (Fsp3) is 0.143. The van der Waals surface area contributed by atoms with Gasteiger partial charge in [0.2, 0.25) is 0 Å². The fourth-order valence-corrected chi connectivity index (χ4v) is 3.66. The Balaban J connectivity index is 0.000000924. The molecule has 1 nitrogen and oxygen atoms in total. The number of hydrogen-bond acceptors (Lipinski definition) is 2. The fourth-order valence-electron chi connectivity index (χ4n) is 2.51. The standard InChI is InChI=1S/C19H17NS.C2H6/c1-4-8-14-13(3)11-19-16(12-20-17(14)5-2)15-9-6-7-10-18(15)21-19;1-2/h4-12,20H,2-3H2,1H3;1-2H3/b8-4-,16-12-,17-14-,19-11+;. The van der Waals surface area contributed by atoms with Crippen LogP contribution in [0.4, 0.5) is 0 Å². The predicted octanol–water partition coefficient (Wildman–Crippen LogP) is 4.62. The number of nitrogens with one attached hydrogen (secondary N) is 1. The van der Waals surface area contributed by atoms with Crippen molar-refractivity contribution in [3.63, 3.8) is 0 Å². The van der Waals surface area contributed by atoms with Gasteiger partial charge in [-0.15, -0.1) is 11.3 Å². The number of rotatable bonds is 2. The van der Waals surface area contributed by atoms with Crippen molar-refractivity contribution in [2.45, 2.75) is 20.8 Å². The summed E-state index contributed by atoms with van der Waals surface area (Å²) >= 11 is 1.79. The lowest BCUT2D eigenvalue weighted by Crippen LogP contribution is -2.25. The van der Waals surface area contributed by atoms with Crippen LogP contribution in [0.2, 0.25) is 0 Å². The number of allylic oxidation sites excluding steroid dienone is 5. The third-order valence-electron chi connectivity index (χ3n) is 3.51. The van der Waals surface area contributed by atoms with E-state index in [0.29, 0.717) is 0 Å². The highest BCUT2D eigenvalue weighted by Crippen LogP contribution is 2.19. The molecule has 0 spiro atoms. The van der Waals surface area contributed by atoms with E-state index in [9.17, 15) is 0 Å². The molecular weight excluding hydrogens is 298 g/mol. The number of benzene rings is 1. The van der Waals surface area contributed by atoms with E-state index >= 15 is 0 Å². The van der Waals surface area contributed by atoms with E-state index < -0.39 is 0 Å². The maximum absolute atomic E-state index is 4.22. The molecule has 2 heteroatoms. The Bertz CT molecular complexity index is 907. The summed E-state index contributed by atoms with van der Waals surface area (Å²) in [7, 11) is 0. The van der Waals surface area contributed by atoms with E-state index in [0.717, 1.165) is 16.8 Å². The molecule has 0 bridgehead atoms. The number of thiophene rings is 1. The Morgan fingerprint density at radius 3 is 2.61 bits per heavy atom. The van der Waals surface area contributed by atoms with Crippen molar-refractivity contribution in [1.29, 1.82) is 0 Å². The van der Waals surface area contributed by atoms with Gasteiger partial charge in [-0.2, -0.15) is 0 Å². The second kappa shape index (κ2) is 7.80. The topological polar surface area (TPSA) is 12.0 Å². The summed E-state index contributed by atoms with van der Waals surface area (Å²) in [6, 6.07) is 8.47. The van der Waals surface area contributed by atoms with Crippen LogP contribution in [0.3, 0.4) is 0 Å². The average Bonchev–Trinajstić information content (AvgIpc) is 2.91. The molecule has 0 aliphatic carbocycles. The minimum Gasteiger partial charge on any atom is -0.361 e. The van der Waals surface area contributed by atoms with Crippen LogP contribution in [0, 0.1) is 0 Å². The zero-order valence-electron chi connectivity index (χ0n) is 14.0. The van der Waals surface area contributed by atoms with Gasteiger partial charge in [-0.1, -0.05) is 57.4 Å². The first-order valence-corrected chi connectivity index (χ1v) is 8.71. The Labute approximate surface area is 142 Å². The molecule has 0 saturated carbocycles. The van der Waals surface area contributed by atoms with E-state index in [1.165, 1.54) is 19.8 Å². The van der Waals surface area contributed by atoms with Crippen LogP contribution in [0.1, 0.15) is 20.8 Å². The first-order valence-electron chi connectivity index (χ1n) is 7.89. The van der Waals surface area contributed by atoms with Gasteiger partial charge < -0.3 is 5.32 Å². The molecule has 0 radical (unpaired) electrons. The molecule has 0 unspecified atom stereocenters. The van der Waals surface area contributed by atoms with Gasteiger partial charge in [0.1, 0.15) is 0 Å². The number of fused-ring (bicyclic) bond motifs is 3.